The van der Waals surface area contributed by atoms with E-state index in [0.29, 0.717) is 0 Å². The zero-order valence-electron chi connectivity index (χ0n) is 13.1. The average Bonchev–Trinajstić information content (AvgIpc) is 3.15. The Bertz CT molecular complexity index is 412. The van der Waals surface area contributed by atoms with Gasteiger partial charge in [-0.2, -0.15) is 0 Å². The molecule has 7 heteroatoms. The summed E-state index contributed by atoms with van der Waals surface area (Å²) >= 11 is 0. The monoisotopic (exact) mass is 300 g/mol. The van der Waals surface area contributed by atoms with Gasteiger partial charge in [-0.1, -0.05) is 0 Å². The largest absolute Gasteiger partial charge is 0.480 e. The van der Waals surface area contributed by atoms with E-state index in [4.69, 9.17) is 9.84 Å². The number of carbonyl (C=O) groups excluding carboxylic acids is 2. The number of carbonyl (C=O) groups is 3. The van der Waals surface area contributed by atoms with Crippen molar-refractivity contribution < 1.29 is 24.2 Å². The molecule has 0 aromatic heterocycles. The van der Waals surface area contributed by atoms with Crippen LogP contribution >= 0.6 is 0 Å². The van der Waals surface area contributed by atoms with Gasteiger partial charge in [-0.3, -0.25) is 9.59 Å². The van der Waals surface area contributed by atoms with E-state index in [1.807, 2.05) is 0 Å². The lowest BCUT2D eigenvalue weighted by Gasteiger charge is -2.38. The summed E-state index contributed by atoms with van der Waals surface area (Å²) in [5.41, 5.74) is -0.642. The summed E-state index contributed by atoms with van der Waals surface area (Å²) in [5, 5.41) is 8.99. The molecule has 21 heavy (non-hydrogen) atoms. The molecule has 0 unspecified atom stereocenters. The maximum atomic E-state index is 12.6. The summed E-state index contributed by atoms with van der Waals surface area (Å²) < 4.78 is 4.88. The highest BCUT2D eigenvalue weighted by Gasteiger charge is 2.39. The van der Waals surface area contributed by atoms with Crippen molar-refractivity contribution in [1.82, 2.24) is 9.80 Å². The van der Waals surface area contributed by atoms with Gasteiger partial charge in [-0.15, -0.1) is 0 Å². The van der Waals surface area contributed by atoms with Crippen molar-refractivity contribution in [3.63, 3.8) is 0 Å². The van der Waals surface area contributed by atoms with Gasteiger partial charge in [0.25, 0.3) is 0 Å². The van der Waals surface area contributed by atoms with Gasteiger partial charge in [0.15, 0.2) is 0 Å². The topological polar surface area (TPSA) is 87.2 Å². The molecule has 1 aliphatic carbocycles. The molecule has 0 saturated heterocycles. The SMILES string of the molecule is CCOC(=O)CN(C(=O)N(CC(=O)O)C(C)(C)C)C1CC1. The Kier molecular flexibility index (Phi) is 5.57. The van der Waals surface area contributed by atoms with Crippen LogP contribution < -0.4 is 0 Å². The van der Waals surface area contributed by atoms with Gasteiger partial charge >= 0.3 is 18.0 Å². The molecule has 7 nitrogen and oxygen atoms in total. The van der Waals surface area contributed by atoms with Gasteiger partial charge in [0.1, 0.15) is 13.1 Å². The average molecular weight is 300 g/mol. The summed E-state index contributed by atoms with van der Waals surface area (Å²) in [4.78, 5) is 37.9. The van der Waals surface area contributed by atoms with Gasteiger partial charge in [0, 0.05) is 11.6 Å². The number of hydrogen-bond acceptors (Lipinski definition) is 4. The Balaban J connectivity index is 2.86. The number of hydrogen-bond donors (Lipinski definition) is 1. The van der Waals surface area contributed by atoms with Gasteiger partial charge in [-0.25, -0.2) is 4.79 Å². The smallest absolute Gasteiger partial charge is 0.325 e. The van der Waals surface area contributed by atoms with Gasteiger partial charge in [0.05, 0.1) is 6.61 Å². The lowest BCUT2D eigenvalue weighted by molar-refractivity contribution is -0.144. The van der Waals surface area contributed by atoms with E-state index in [1.54, 1.807) is 27.7 Å². The van der Waals surface area contributed by atoms with Crippen LogP contribution in [0.1, 0.15) is 40.5 Å². The van der Waals surface area contributed by atoms with E-state index in [-0.39, 0.29) is 19.2 Å². The van der Waals surface area contributed by atoms with Crippen LogP contribution in [0.2, 0.25) is 0 Å². The number of carboxylic acids is 1. The fraction of sp³-hybridized carbons (Fsp3) is 0.786. The molecular weight excluding hydrogens is 276 g/mol. The molecule has 1 rings (SSSR count). The maximum absolute atomic E-state index is 12.6. The predicted molar refractivity (Wildman–Crippen MR) is 75.9 cm³/mol. The molecule has 0 spiro atoms. The number of ether oxygens (including phenoxy) is 1. The number of aliphatic carboxylic acids is 1. The van der Waals surface area contributed by atoms with Gasteiger partial charge in [-0.05, 0) is 40.5 Å². The van der Waals surface area contributed by atoms with Crippen molar-refractivity contribution >= 4 is 18.0 Å². The molecule has 0 bridgehead atoms. The number of rotatable bonds is 6. The van der Waals surface area contributed by atoms with Crippen LogP contribution in [0.15, 0.2) is 0 Å². The third-order valence-electron chi connectivity index (χ3n) is 3.17. The normalized spacial score (nSPS) is 14.5. The van der Waals surface area contributed by atoms with E-state index in [2.05, 4.69) is 0 Å². The highest BCUT2D eigenvalue weighted by molar-refractivity contribution is 5.84. The van der Waals surface area contributed by atoms with Crippen molar-refractivity contribution in [1.29, 1.82) is 0 Å². The Labute approximate surface area is 124 Å². The number of nitrogens with zero attached hydrogens (tertiary/aromatic N) is 2. The Morgan fingerprint density at radius 1 is 1.19 bits per heavy atom. The second-order valence-corrected chi connectivity index (χ2v) is 6.10. The second-order valence-electron chi connectivity index (χ2n) is 6.10. The third-order valence-corrected chi connectivity index (χ3v) is 3.17. The molecule has 0 heterocycles. The fourth-order valence-electron chi connectivity index (χ4n) is 1.97. The molecule has 2 amide bonds. The Morgan fingerprint density at radius 3 is 2.14 bits per heavy atom. The molecule has 1 fully saturated rings. The van der Waals surface area contributed by atoms with E-state index in [9.17, 15) is 14.4 Å². The standard InChI is InChI=1S/C14H24N2O5/c1-5-21-12(19)9-15(10-6-7-10)13(20)16(8-11(17)18)14(2,3)4/h10H,5-9H2,1-4H3,(H,17,18). The summed E-state index contributed by atoms with van der Waals surface area (Å²) in [7, 11) is 0. The van der Waals surface area contributed by atoms with Gasteiger partial charge in [0.2, 0.25) is 0 Å². The first-order valence-corrected chi connectivity index (χ1v) is 7.12. The highest BCUT2D eigenvalue weighted by Crippen LogP contribution is 2.29. The molecule has 0 aliphatic heterocycles. The van der Waals surface area contributed by atoms with Crippen molar-refractivity contribution in [2.24, 2.45) is 0 Å². The Morgan fingerprint density at radius 2 is 1.76 bits per heavy atom. The van der Waals surface area contributed by atoms with Crippen molar-refractivity contribution in [3.8, 4) is 0 Å². The summed E-state index contributed by atoms with van der Waals surface area (Å²) in [6, 6.07) is -0.430. The highest BCUT2D eigenvalue weighted by atomic mass is 16.5. The lowest BCUT2D eigenvalue weighted by Crippen LogP contribution is -2.55. The summed E-state index contributed by atoms with van der Waals surface area (Å²) in [6.07, 6.45) is 1.66. The number of carboxylic acid groups (broad SMARTS) is 1. The Hall–Kier alpha value is -1.79. The minimum atomic E-state index is -1.08. The van der Waals surface area contributed by atoms with E-state index >= 15 is 0 Å². The lowest BCUT2D eigenvalue weighted by atomic mass is 10.1. The van der Waals surface area contributed by atoms with Crippen LogP contribution in [0.5, 0.6) is 0 Å². The molecule has 1 saturated carbocycles. The zero-order chi connectivity index (χ0) is 16.2. The van der Waals surface area contributed by atoms with Crippen LogP contribution in [-0.4, -0.2) is 64.2 Å². The fourth-order valence-corrected chi connectivity index (χ4v) is 1.97. The summed E-state index contributed by atoms with van der Waals surface area (Å²) in [6.45, 7) is 6.73. The predicted octanol–water partition coefficient (Wildman–Crippen LogP) is 1.32. The minimum Gasteiger partial charge on any atom is -0.480 e. The number of urea groups is 1. The molecule has 0 radical (unpaired) electrons. The molecule has 1 N–H and O–H groups in total. The second kappa shape index (κ2) is 6.78. The van der Waals surface area contributed by atoms with Crippen molar-refractivity contribution in [2.75, 3.05) is 19.7 Å². The first-order valence-electron chi connectivity index (χ1n) is 7.12. The minimum absolute atomic E-state index is 0.000510. The number of amides is 2. The third kappa shape index (κ3) is 5.24. The maximum Gasteiger partial charge on any atom is 0.325 e. The van der Waals surface area contributed by atoms with Crippen LogP contribution in [0.3, 0.4) is 0 Å². The first-order chi connectivity index (χ1) is 9.66. The van der Waals surface area contributed by atoms with Crippen molar-refractivity contribution in [3.05, 3.63) is 0 Å². The van der Waals surface area contributed by atoms with Gasteiger partial charge < -0.3 is 19.6 Å². The molecule has 0 atom stereocenters. The van der Waals surface area contributed by atoms with E-state index < -0.39 is 30.1 Å². The van der Waals surface area contributed by atoms with E-state index in [0.717, 1.165) is 12.8 Å². The quantitative estimate of drug-likeness (QED) is 0.747. The van der Waals surface area contributed by atoms with Crippen LogP contribution in [0, 0.1) is 0 Å². The van der Waals surface area contributed by atoms with Crippen LogP contribution in [-0.2, 0) is 14.3 Å². The molecule has 0 aromatic carbocycles. The first kappa shape index (κ1) is 17.3. The van der Waals surface area contributed by atoms with Crippen molar-refractivity contribution in [2.45, 2.75) is 52.1 Å². The molecule has 120 valence electrons. The molecule has 1 aliphatic rings. The summed E-state index contributed by atoms with van der Waals surface area (Å²) in [5.74, 6) is -1.55. The van der Waals surface area contributed by atoms with Crippen LogP contribution in [0.4, 0.5) is 4.79 Å². The van der Waals surface area contributed by atoms with E-state index in [1.165, 1.54) is 9.80 Å². The van der Waals surface area contributed by atoms with Crippen LogP contribution in [0.25, 0.3) is 0 Å². The molecular formula is C14H24N2O5. The number of esters is 1. The molecule has 0 aromatic rings. The zero-order valence-corrected chi connectivity index (χ0v) is 13.1.